The predicted octanol–water partition coefficient (Wildman–Crippen LogP) is 3.12. The summed E-state index contributed by atoms with van der Waals surface area (Å²) in [5.74, 6) is 0.163. The van der Waals surface area contributed by atoms with E-state index in [1.54, 1.807) is 25.1 Å². The van der Waals surface area contributed by atoms with Crippen molar-refractivity contribution < 1.29 is 23.9 Å². The van der Waals surface area contributed by atoms with Crippen molar-refractivity contribution in [2.75, 3.05) is 18.7 Å². The van der Waals surface area contributed by atoms with Crippen molar-refractivity contribution in [1.29, 1.82) is 0 Å². The van der Waals surface area contributed by atoms with Gasteiger partial charge in [0.25, 0.3) is 5.91 Å². The topological polar surface area (TPSA) is 97.0 Å². The van der Waals surface area contributed by atoms with Crippen molar-refractivity contribution in [3.8, 4) is 11.5 Å². The molecule has 0 aliphatic carbocycles. The van der Waals surface area contributed by atoms with E-state index in [4.69, 9.17) is 9.47 Å². The minimum Gasteiger partial charge on any atom is -0.454 e. The molecule has 8 heteroatoms. The molecule has 0 radical (unpaired) electrons. The van der Waals surface area contributed by atoms with Crippen molar-refractivity contribution in [3.05, 3.63) is 53.6 Å². The van der Waals surface area contributed by atoms with Crippen LogP contribution in [0.25, 0.3) is 0 Å². The van der Waals surface area contributed by atoms with E-state index in [2.05, 4.69) is 31.4 Å². The van der Waals surface area contributed by atoms with Crippen LogP contribution in [0.2, 0.25) is 0 Å². The number of fused-ring (bicyclic) bond motifs is 1. The molecular formula is C23H25N3O5. The van der Waals surface area contributed by atoms with Gasteiger partial charge in [-0.15, -0.1) is 0 Å². The smallest absolute Gasteiger partial charge is 0.325 e. The number of benzene rings is 2. The van der Waals surface area contributed by atoms with Crippen molar-refractivity contribution in [1.82, 2.24) is 10.2 Å². The Hall–Kier alpha value is -3.55. The van der Waals surface area contributed by atoms with E-state index in [-0.39, 0.29) is 12.2 Å². The summed E-state index contributed by atoms with van der Waals surface area (Å²) in [6.45, 7) is 7.69. The Morgan fingerprint density at radius 2 is 1.77 bits per heavy atom. The van der Waals surface area contributed by atoms with E-state index in [9.17, 15) is 14.4 Å². The fourth-order valence-corrected chi connectivity index (χ4v) is 3.66. The van der Waals surface area contributed by atoms with E-state index in [1.807, 2.05) is 24.3 Å². The fourth-order valence-electron chi connectivity index (χ4n) is 3.66. The van der Waals surface area contributed by atoms with Crippen LogP contribution in [-0.2, 0) is 20.5 Å². The first kappa shape index (κ1) is 20.7. The van der Waals surface area contributed by atoms with Gasteiger partial charge < -0.3 is 20.1 Å². The number of hydrogen-bond acceptors (Lipinski definition) is 5. The molecule has 1 saturated heterocycles. The molecule has 1 atom stereocenters. The van der Waals surface area contributed by atoms with Gasteiger partial charge in [0, 0.05) is 11.8 Å². The average molecular weight is 423 g/mol. The van der Waals surface area contributed by atoms with Gasteiger partial charge in [0.1, 0.15) is 12.1 Å². The van der Waals surface area contributed by atoms with Crippen LogP contribution in [0.1, 0.15) is 38.8 Å². The van der Waals surface area contributed by atoms with Gasteiger partial charge in [0.15, 0.2) is 11.5 Å². The molecule has 0 spiro atoms. The van der Waals surface area contributed by atoms with Crippen LogP contribution >= 0.6 is 0 Å². The summed E-state index contributed by atoms with van der Waals surface area (Å²) >= 11 is 0. The van der Waals surface area contributed by atoms with Gasteiger partial charge in [0.05, 0.1) is 0 Å². The summed E-state index contributed by atoms with van der Waals surface area (Å²) < 4.78 is 10.5. The number of rotatable bonds is 4. The molecule has 2 aliphatic rings. The highest BCUT2D eigenvalue weighted by Gasteiger charge is 2.49. The maximum Gasteiger partial charge on any atom is 0.325 e. The number of carbonyl (C=O) groups is 3. The van der Waals surface area contributed by atoms with Crippen molar-refractivity contribution in [2.45, 2.75) is 38.6 Å². The van der Waals surface area contributed by atoms with Crippen LogP contribution in [0.15, 0.2) is 42.5 Å². The number of urea groups is 1. The number of hydrogen-bond donors (Lipinski definition) is 2. The van der Waals surface area contributed by atoms with E-state index in [0.717, 1.165) is 10.5 Å². The molecule has 2 heterocycles. The van der Waals surface area contributed by atoms with Gasteiger partial charge in [0.2, 0.25) is 12.7 Å². The summed E-state index contributed by atoms with van der Waals surface area (Å²) in [6, 6.07) is 12.0. The second-order valence-electron chi connectivity index (χ2n) is 8.89. The van der Waals surface area contributed by atoms with E-state index in [1.165, 1.54) is 0 Å². The number of carbonyl (C=O) groups excluding carboxylic acids is 3. The van der Waals surface area contributed by atoms with Crippen molar-refractivity contribution >= 4 is 23.5 Å². The lowest BCUT2D eigenvalue weighted by Crippen LogP contribution is -2.42. The maximum absolute atomic E-state index is 13.1. The summed E-state index contributed by atoms with van der Waals surface area (Å²) in [5, 5.41) is 5.41. The fraction of sp³-hybridized carbons (Fsp3) is 0.348. The Morgan fingerprint density at radius 1 is 1.10 bits per heavy atom. The Kier molecular flexibility index (Phi) is 4.88. The Bertz CT molecular complexity index is 1060. The number of nitrogens with zero attached hydrogens (tertiary/aromatic N) is 1. The van der Waals surface area contributed by atoms with Crippen molar-refractivity contribution in [3.63, 3.8) is 0 Å². The largest absolute Gasteiger partial charge is 0.454 e. The highest BCUT2D eigenvalue weighted by atomic mass is 16.7. The standard InChI is InChI=1S/C23H25N3O5/c1-22(2,3)14-5-7-15(8-6-14)23(4)20(28)26(21(29)25-23)12-19(27)24-16-9-10-17-18(11-16)31-13-30-17/h5-11H,12-13H2,1-4H3,(H,24,27)(H,25,29)/t23-/m1/s1. The van der Waals surface area contributed by atoms with Gasteiger partial charge in [-0.3, -0.25) is 14.5 Å². The molecule has 31 heavy (non-hydrogen) atoms. The molecule has 0 saturated carbocycles. The number of nitrogens with one attached hydrogen (secondary N) is 2. The maximum atomic E-state index is 13.1. The zero-order valence-electron chi connectivity index (χ0n) is 17.9. The van der Waals surface area contributed by atoms with Gasteiger partial charge in [-0.1, -0.05) is 45.0 Å². The Balaban J connectivity index is 1.47. The van der Waals surface area contributed by atoms with Crippen LogP contribution in [0.4, 0.5) is 10.5 Å². The number of ether oxygens (including phenoxy) is 2. The second kappa shape index (κ2) is 7.30. The molecule has 4 amide bonds. The first-order valence-electron chi connectivity index (χ1n) is 10.0. The summed E-state index contributed by atoms with van der Waals surface area (Å²) in [6.07, 6.45) is 0. The van der Waals surface area contributed by atoms with E-state index < -0.39 is 29.9 Å². The Labute approximate surface area is 180 Å². The minimum absolute atomic E-state index is 0.0266. The molecule has 8 nitrogen and oxygen atoms in total. The third-order valence-corrected chi connectivity index (χ3v) is 5.56. The number of anilines is 1. The zero-order chi connectivity index (χ0) is 22.4. The van der Waals surface area contributed by atoms with Gasteiger partial charge >= 0.3 is 6.03 Å². The first-order chi connectivity index (χ1) is 14.6. The molecule has 0 unspecified atom stereocenters. The predicted molar refractivity (Wildman–Crippen MR) is 114 cm³/mol. The van der Waals surface area contributed by atoms with Gasteiger partial charge in [-0.2, -0.15) is 0 Å². The zero-order valence-corrected chi connectivity index (χ0v) is 17.9. The summed E-state index contributed by atoms with van der Waals surface area (Å²) in [4.78, 5) is 39.0. The summed E-state index contributed by atoms with van der Waals surface area (Å²) in [5.41, 5.74) is 1.02. The second-order valence-corrected chi connectivity index (χ2v) is 8.89. The first-order valence-corrected chi connectivity index (χ1v) is 10.0. The molecule has 2 N–H and O–H groups in total. The van der Waals surface area contributed by atoms with Crippen LogP contribution < -0.4 is 20.1 Å². The minimum atomic E-state index is -1.23. The molecular weight excluding hydrogens is 398 g/mol. The summed E-state index contributed by atoms with van der Waals surface area (Å²) in [7, 11) is 0. The SMILES string of the molecule is CC(C)(C)c1ccc([C@@]2(C)NC(=O)N(CC(=O)Nc3ccc4c(c3)OCO4)C2=O)cc1. The molecule has 2 aliphatic heterocycles. The van der Waals surface area contributed by atoms with Crippen molar-refractivity contribution in [2.24, 2.45) is 0 Å². The molecule has 1 fully saturated rings. The molecule has 0 bridgehead atoms. The van der Waals surface area contributed by atoms with E-state index >= 15 is 0 Å². The third-order valence-electron chi connectivity index (χ3n) is 5.56. The normalized spacial score (nSPS) is 20.1. The van der Waals surface area contributed by atoms with Crippen LogP contribution in [0.5, 0.6) is 11.5 Å². The van der Waals surface area contributed by atoms with Crippen LogP contribution in [0, 0.1) is 0 Å². The molecule has 162 valence electrons. The number of amides is 4. The van der Waals surface area contributed by atoms with Crippen LogP contribution in [0.3, 0.4) is 0 Å². The lowest BCUT2D eigenvalue weighted by Gasteiger charge is -2.24. The lowest BCUT2D eigenvalue weighted by molar-refractivity contribution is -0.133. The van der Waals surface area contributed by atoms with Crippen LogP contribution in [-0.4, -0.2) is 36.1 Å². The lowest BCUT2D eigenvalue weighted by atomic mass is 9.84. The highest BCUT2D eigenvalue weighted by molar-refractivity contribution is 6.10. The van der Waals surface area contributed by atoms with Gasteiger partial charge in [-0.25, -0.2) is 4.79 Å². The highest BCUT2D eigenvalue weighted by Crippen LogP contribution is 2.34. The molecule has 2 aromatic rings. The number of imide groups is 1. The molecule has 2 aromatic carbocycles. The Morgan fingerprint density at radius 3 is 2.45 bits per heavy atom. The monoisotopic (exact) mass is 423 g/mol. The third kappa shape index (κ3) is 3.81. The quantitative estimate of drug-likeness (QED) is 0.737. The van der Waals surface area contributed by atoms with E-state index in [0.29, 0.717) is 22.7 Å². The average Bonchev–Trinajstić information content (AvgIpc) is 3.26. The van der Waals surface area contributed by atoms with Gasteiger partial charge in [-0.05, 0) is 35.6 Å². The molecule has 0 aromatic heterocycles. The molecule has 4 rings (SSSR count).